The highest BCUT2D eigenvalue weighted by Gasteiger charge is 2.34. The number of halogens is 3. The van der Waals surface area contributed by atoms with Gasteiger partial charge < -0.3 is 10.1 Å². The fraction of sp³-hybridized carbons (Fsp3) is 0.176. The summed E-state index contributed by atoms with van der Waals surface area (Å²) in [6.07, 6.45) is -3.45. The third-order valence-electron chi connectivity index (χ3n) is 3.49. The molecule has 0 radical (unpaired) electrons. The fourth-order valence-electron chi connectivity index (χ4n) is 2.36. The number of benzene rings is 2. The number of carbonyl (C=O) groups is 1. The van der Waals surface area contributed by atoms with Crippen LogP contribution in [0.4, 0.5) is 18.0 Å². The lowest BCUT2D eigenvalue weighted by molar-refractivity contribution is -0.136. The zero-order valence-corrected chi connectivity index (χ0v) is 13.0. The van der Waals surface area contributed by atoms with E-state index in [0.29, 0.717) is 5.75 Å². The van der Waals surface area contributed by atoms with Crippen LogP contribution in [-0.4, -0.2) is 28.7 Å². The molecular formula is C17H14F3N3O2. The summed E-state index contributed by atoms with van der Waals surface area (Å²) < 4.78 is 45.4. The van der Waals surface area contributed by atoms with Gasteiger partial charge in [0.25, 0.3) is 0 Å². The zero-order valence-electron chi connectivity index (χ0n) is 13.0. The van der Waals surface area contributed by atoms with E-state index in [9.17, 15) is 18.0 Å². The first-order valence-corrected chi connectivity index (χ1v) is 7.46. The molecule has 0 fully saturated rings. The average molecular weight is 349 g/mol. The van der Waals surface area contributed by atoms with Crippen LogP contribution >= 0.6 is 0 Å². The predicted octanol–water partition coefficient (Wildman–Crippen LogP) is 3.69. The van der Waals surface area contributed by atoms with Gasteiger partial charge in [-0.3, -0.25) is 4.57 Å². The summed E-state index contributed by atoms with van der Waals surface area (Å²) in [5, 5.41) is 2.58. The zero-order chi connectivity index (χ0) is 17.9. The molecule has 0 atom stereocenters. The SMILES string of the molecule is O=C(NCCOc1ccccc1)n1cnc2c(C(F)(F)F)cccc21. The lowest BCUT2D eigenvalue weighted by Crippen LogP contribution is -2.31. The minimum Gasteiger partial charge on any atom is -0.492 e. The number of hydrogen-bond donors (Lipinski definition) is 1. The summed E-state index contributed by atoms with van der Waals surface area (Å²) in [7, 11) is 0. The van der Waals surface area contributed by atoms with Gasteiger partial charge in [0, 0.05) is 0 Å². The van der Waals surface area contributed by atoms with Crippen LogP contribution in [0.3, 0.4) is 0 Å². The second-order valence-electron chi connectivity index (χ2n) is 5.18. The van der Waals surface area contributed by atoms with Crippen molar-refractivity contribution in [3.63, 3.8) is 0 Å². The Bertz CT molecular complexity index is 876. The highest BCUT2D eigenvalue weighted by Crippen LogP contribution is 2.33. The summed E-state index contributed by atoms with van der Waals surface area (Å²) in [6, 6.07) is 12.1. The molecule has 3 aromatic rings. The molecule has 1 amide bonds. The molecule has 0 aliphatic rings. The van der Waals surface area contributed by atoms with Gasteiger partial charge in [0.1, 0.15) is 24.2 Å². The Kier molecular flexibility index (Phi) is 4.60. The number of rotatable bonds is 4. The van der Waals surface area contributed by atoms with Crippen LogP contribution in [-0.2, 0) is 6.18 Å². The summed E-state index contributed by atoms with van der Waals surface area (Å²) in [5.41, 5.74) is -1.04. The van der Waals surface area contributed by atoms with E-state index in [2.05, 4.69) is 10.3 Å². The van der Waals surface area contributed by atoms with Gasteiger partial charge in [-0.2, -0.15) is 13.2 Å². The van der Waals surface area contributed by atoms with Crippen molar-refractivity contribution in [1.29, 1.82) is 0 Å². The van der Waals surface area contributed by atoms with Crippen LogP contribution in [0.5, 0.6) is 5.75 Å². The molecule has 0 saturated carbocycles. The number of ether oxygens (including phenoxy) is 1. The van der Waals surface area contributed by atoms with E-state index in [1.54, 1.807) is 12.1 Å². The lowest BCUT2D eigenvalue weighted by Gasteiger charge is -2.09. The van der Waals surface area contributed by atoms with Gasteiger partial charge in [-0.1, -0.05) is 24.3 Å². The Hall–Kier alpha value is -3.03. The summed E-state index contributed by atoms with van der Waals surface area (Å²) in [6.45, 7) is 0.433. The van der Waals surface area contributed by atoms with Crippen molar-refractivity contribution in [2.75, 3.05) is 13.2 Å². The van der Waals surface area contributed by atoms with Gasteiger partial charge in [-0.05, 0) is 24.3 Å². The Balaban J connectivity index is 1.66. The molecule has 2 aromatic carbocycles. The van der Waals surface area contributed by atoms with Crippen LogP contribution in [0.15, 0.2) is 54.9 Å². The molecule has 0 saturated heterocycles. The third kappa shape index (κ3) is 3.73. The second kappa shape index (κ2) is 6.84. The topological polar surface area (TPSA) is 56.1 Å². The van der Waals surface area contributed by atoms with Gasteiger partial charge in [0.2, 0.25) is 0 Å². The molecule has 0 spiro atoms. The number of amides is 1. The standard InChI is InChI=1S/C17H14F3N3O2/c18-17(19,20)13-7-4-8-14-15(13)22-11-23(14)16(24)21-9-10-25-12-5-2-1-3-6-12/h1-8,11H,9-10H2,(H,21,24). The van der Waals surface area contributed by atoms with E-state index in [1.807, 2.05) is 18.2 Å². The van der Waals surface area contributed by atoms with E-state index in [4.69, 9.17) is 4.74 Å². The largest absolute Gasteiger partial charge is 0.492 e. The number of hydrogen-bond acceptors (Lipinski definition) is 3. The number of aromatic nitrogens is 2. The first kappa shape index (κ1) is 16.8. The maximum Gasteiger partial charge on any atom is 0.418 e. The Morgan fingerprint density at radius 3 is 2.60 bits per heavy atom. The molecule has 0 bridgehead atoms. The predicted molar refractivity (Wildman–Crippen MR) is 85.5 cm³/mol. The van der Waals surface area contributed by atoms with Crippen molar-refractivity contribution in [3.05, 3.63) is 60.4 Å². The molecule has 0 aliphatic heterocycles. The number of alkyl halides is 3. The molecule has 0 unspecified atom stereocenters. The molecule has 0 aliphatic carbocycles. The summed E-state index contributed by atoms with van der Waals surface area (Å²) >= 11 is 0. The van der Waals surface area contributed by atoms with E-state index in [0.717, 1.165) is 17.0 Å². The molecule has 3 rings (SSSR count). The molecule has 1 aromatic heterocycles. The van der Waals surface area contributed by atoms with Crippen LogP contribution in [0.1, 0.15) is 5.56 Å². The van der Waals surface area contributed by atoms with Crippen LogP contribution < -0.4 is 10.1 Å². The molecule has 5 nitrogen and oxygen atoms in total. The van der Waals surface area contributed by atoms with E-state index >= 15 is 0 Å². The van der Waals surface area contributed by atoms with Crippen molar-refractivity contribution in [2.24, 2.45) is 0 Å². The van der Waals surface area contributed by atoms with Crippen molar-refractivity contribution in [2.45, 2.75) is 6.18 Å². The number of nitrogens with zero attached hydrogens (tertiary/aromatic N) is 2. The van der Waals surface area contributed by atoms with Crippen molar-refractivity contribution < 1.29 is 22.7 Å². The first-order valence-electron chi connectivity index (χ1n) is 7.46. The number of imidazole rings is 1. The number of nitrogens with one attached hydrogen (secondary N) is 1. The highest BCUT2D eigenvalue weighted by molar-refractivity contribution is 5.90. The average Bonchev–Trinajstić information content (AvgIpc) is 3.02. The number of fused-ring (bicyclic) bond motifs is 1. The van der Waals surface area contributed by atoms with E-state index in [-0.39, 0.29) is 24.2 Å². The van der Waals surface area contributed by atoms with Crippen LogP contribution in [0.2, 0.25) is 0 Å². The summed E-state index contributed by atoms with van der Waals surface area (Å²) in [5.74, 6) is 0.666. The fourth-order valence-corrected chi connectivity index (χ4v) is 2.36. The van der Waals surface area contributed by atoms with Gasteiger partial charge in [-0.25, -0.2) is 9.78 Å². The van der Waals surface area contributed by atoms with Crippen molar-refractivity contribution in [1.82, 2.24) is 14.9 Å². The third-order valence-corrected chi connectivity index (χ3v) is 3.49. The molecule has 25 heavy (non-hydrogen) atoms. The van der Waals surface area contributed by atoms with Gasteiger partial charge >= 0.3 is 12.2 Å². The van der Waals surface area contributed by atoms with Crippen LogP contribution in [0.25, 0.3) is 11.0 Å². The van der Waals surface area contributed by atoms with Crippen LogP contribution in [0, 0.1) is 0 Å². The quantitative estimate of drug-likeness (QED) is 0.731. The maximum atomic E-state index is 13.0. The number of carbonyl (C=O) groups excluding carboxylic acids is 1. The van der Waals surface area contributed by atoms with E-state index < -0.39 is 17.8 Å². The Morgan fingerprint density at radius 1 is 1.12 bits per heavy atom. The molecular weight excluding hydrogens is 335 g/mol. The molecule has 8 heteroatoms. The second-order valence-corrected chi connectivity index (χ2v) is 5.18. The summed E-state index contributed by atoms with van der Waals surface area (Å²) in [4.78, 5) is 15.9. The number of para-hydroxylation sites is 2. The molecule has 1 N–H and O–H groups in total. The first-order chi connectivity index (χ1) is 12.0. The smallest absolute Gasteiger partial charge is 0.418 e. The molecule has 1 heterocycles. The van der Waals surface area contributed by atoms with Gasteiger partial charge in [0.05, 0.1) is 17.6 Å². The van der Waals surface area contributed by atoms with E-state index in [1.165, 1.54) is 12.1 Å². The normalized spacial score (nSPS) is 11.5. The van der Waals surface area contributed by atoms with Crippen molar-refractivity contribution in [3.8, 4) is 5.75 Å². The lowest BCUT2D eigenvalue weighted by atomic mass is 10.2. The van der Waals surface area contributed by atoms with Gasteiger partial charge in [-0.15, -0.1) is 0 Å². The minimum absolute atomic E-state index is 0.0938. The molecule has 130 valence electrons. The highest BCUT2D eigenvalue weighted by atomic mass is 19.4. The minimum atomic E-state index is -4.53. The maximum absolute atomic E-state index is 13.0. The van der Waals surface area contributed by atoms with Gasteiger partial charge in [0.15, 0.2) is 0 Å². The Labute approximate surface area is 141 Å². The monoisotopic (exact) mass is 349 g/mol. The Morgan fingerprint density at radius 2 is 1.88 bits per heavy atom. The van der Waals surface area contributed by atoms with Crippen molar-refractivity contribution >= 4 is 17.1 Å².